The summed E-state index contributed by atoms with van der Waals surface area (Å²) in [5.41, 5.74) is 1.08. The second-order valence-corrected chi connectivity index (χ2v) is 7.82. The van der Waals surface area contributed by atoms with Crippen LogP contribution in [0.2, 0.25) is 0 Å². The first-order valence-electron chi connectivity index (χ1n) is 10.2. The summed E-state index contributed by atoms with van der Waals surface area (Å²) in [5.74, 6) is -0.0103. The summed E-state index contributed by atoms with van der Waals surface area (Å²) >= 11 is 0. The summed E-state index contributed by atoms with van der Waals surface area (Å²) in [7, 11) is 0. The molecule has 1 N–H and O–H groups in total. The van der Waals surface area contributed by atoms with Gasteiger partial charge in [-0.05, 0) is 37.0 Å². The monoisotopic (exact) mass is 403 g/mol. The van der Waals surface area contributed by atoms with E-state index in [1.54, 1.807) is 34.1 Å². The minimum Gasteiger partial charge on any atom is -0.449 e. The molecule has 3 amide bonds. The topological polar surface area (TPSA) is 88.2 Å². The van der Waals surface area contributed by atoms with Crippen molar-refractivity contribution in [2.45, 2.75) is 32.8 Å². The second-order valence-electron chi connectivity index (χ2n) is 7.82. The van der Waals surface area contributed by atoms with Crippen molar-refractivity contribution in [3.05, 3.63) is 29.8 Å². The number of piperazine rings is 1. The van der Waals surface area contributed by atoms with Gasteiger partial charge in [0, 0.05) is 44.0 Å². The Morgan fingerprint density at radius 1 is 1.17 bits per heavy atom. The zero-order valence-electron chi connectivity index (χ0n) is 17.1. The minimum absolute atomic E-state index is 0.117. The molecule has 0 saturated carbocycles. The molecule has 1 aromatic carbocycles. The average molecular weight is 403 g/mol. The molecule has 0 bridgehead atoms. The molecule has 0 aliphatic carbocycles. The fourth-order valence-electron chi connectivity index (χ4n) is 3.34. The normalized spacial score (nSPS) is 19.3. The molecule has 8 nitrogen and oxygen atoms in total. The van der Waals surface area contributed by atoms with E-state index in [-0.39, 0.29) is 23.8 Å². The summed E-state index contributed by atoms with van der Waals surface area (Å²) < 4.78 is 10.6. The van der Waals surface area contributed by atoms with E-state index >= 15 is 0 Å². The Kier molecular flexibility index (Phi) is 7.09. The van der Waals surface area contributed by atoms with Gasteiger partial charge in [-0.1, -0.05) is 19.9 Å². The molecule has 1 aromatic rings. The van der Waals surface area contributed by atoms with Crippen molar-refractivity contribution >= 4 is 23.6 Å². The molecule has 8 heteroatoms. The molecular formula is C21H29N3O5. The molecule has 0 spiro atoms. The Balaban J connectivity index is 1.53. The molecule has 2 heterocycles. The van der Waals surface area contributed by atoms with Crippen LogP contribution in [-0.2, 0) is 14.3 Å². The molecular weight excluding hydrogens is 374 g/mol. The zero-order chi connectivity index (χ0) is 20.8. The number of carbonyl (C=O) groups is 3. The van der Waals surface area contributed by atoms with Crippen molar-refractivity contribution in [3.63, 3.8) is 0 Å². The van der Waals surface area contributed by atoms with Crippen molar-refractivity contribution < 1.29 is 23.9 Å². The summed E-state index contributed by atoms with van der Waals surface area (Å²) in [6, 6.07) is 6.91. The summed E-state index contributed by atoms with van der Waals surface area (Å²) in [5, 5.41) is 2.82. The van der Waals surface area contributed by atoms with E-state index in [0.717, 1.165) is 6.42 Å². The SMILES string of the molecule is CC(C)COC(=O)N1CCN(C(=O)c2cccc(NC(=O)C3CCCO3)c2)CC1. The van der Waals surface area contributed by atoms with E-state index < -0.39 is 6.10 Å². The maximum absolute atomic E-state index is 12.8. The number of carbonyl (C=O) groups excluding carboxylic acids is 3. The standard InChI is InChI=1S/C21H29N3O5/c1-15(2)14-29-21(27)24-10-8-23(9-11-24)20(26)16-5-3-6-17(13-16)22-19(25)18-7-4-12-28-18/h3,5-6,13,15,18H,4,7-12,14H2,1-2H3,(H,22,25). The lowest BCUT2D eigenvalue weighted by Gasteiger charge is -2.34. The fraction of sp³-hybridized carbons (Fsp3) is 0.571. The predicted octanol–water partition coefficient (Wildman–Crippen LogP) is 2.35. The highest BCUT2D eigenvalue weighted by molar-refractivity contribution is 5.98. The molecule has 3 rings (SSSR count). The highest BCUT2D eigenvalue weighted by Gasteiger charge is 2.27. The first-order chi connectivity index (χ1) is 13.9. The van der Waals surface area contributed by atoms with Crippen molar-refractivity contribution in [1.29, 1.82) is 0 Å². The van der Waals surface area contributed by atoms with Crippen LogP contribution in [-0.4, -0.2) is 73.2 Å². The van der Waals surface area contributed by atoms with Crippen LogP contribution in [0.5, 0.6) is 0 Å². The first-order valence-corrected chi connectivity index (χ1v) is 10.2. The van der Waals surface area contributed by atoms with Crippen LogP contribution in [0.15, 0.2) is 24.3 Å². The predicted molar refractivity (Wildman–Crippen MR) is 108 cm³/mol. The molecule has 1 atom stereocenters. The van der Waals surface area contributed by atoms with Gasteiger partial charge in [0.15, 0.2) is 0 Å². The lowest BCUT2D eigenvalue weighted by atomic mass is 10.1. The second kappa shape index (κ2) is 9.73. The molecule has 158 valence electrons. The van der Waals surface area contributed by atoms with E-state index in [1.165, 1.54) is 0 Å². The summed E-state index contributed by atoms with van der Waals surface area (Å²) in [4.78, 5) is 40.5. The number of nitrogens with one attached hydrogen (secondary N) is 1. The van der Waals surface area contributed by atoms with Gasteiger partial charge in [0.05, 0.1) is 6.61 Å². The molecule has 2 aliphatic rings. The minimum atomic E-state index is -0.419. The van der Waals surface area contributed by atoms with Crippen LogP contribution in [0.3, 0.4) is 0 Å². The van der Waals surface area contributed by atoms with Gasteiger partial charge in [-0.25, -0.2) is 4.79 Å². The summed E-state index contributed by atoms with van der Waals surface area (Å²) in [6.45, 7) is 6.75. The Hall–Kier alpha value is -2.61. The van der Waals surface area contributed by atoms with Gasteiger partial charge < -0.3 is 24.6 Å². The number of hydrogen-bond donors (Lipinski definition) is 1. The third kappa shape index (κ3) is 5.69. The molecule has 29 heavy (non-hydrogen) atoms. The molecule has 2 aliphatic heterocycles. The quantitative estimate of drug-likeness (QED) is 0.815. The fourth-order valence-corrected chi connectivity index (χ4v) is 3.34. The largest absolute Gasteiger partial charge is 0.449 e. The van der Waals surface area contributed by atoms with Gasteiger partial charge in [0.25, 0.3) is 11.8 Å². The molecule has 1 unspecified atom stereocenters. The molecule has 2 fully saturated rings. The molecule has 0 aromatic heterocycles. The van der Waals surface area contributed by atoms with Gasteiger partial charge in [0.2, 0.25) is 0 Å². The van der Waals surface area contributed by atoms with Crippen LogP contribution < -0.4 is 5.32 Å². The smallest absolute Gasteiger partial charge is 0.409 e. The van der Waals surface area contributed by atoms with E-state index in [0.29, 0.717) is 57.1 Å². The molecule has 0 radical (unpaired) electrons. The zero-order valence-corrected chi connectivity index (χ0v) is 17.1. The van der Waals surface area contributed by atoms with E-state index in [4.69, 9.17) is 9.47 Å². The number of hydrogen-bond acceptors (Lipinski definition) is 5. The van der Waals surface area contributed by atoms with Crippen LogP contribution in [0, 0.1) is 5.92 Å². The number of benzene rings is 1. The van der Waals surface area contributed by atoms with Gasteiger partial charge in [0.1, 0.15) is 6.10 Å². The van der Waals surface area contributed by atoms with Gasteiger partial charge in [-0.3, -0.25) is 9.59 Å². The Morgan fingerprint density at radius 2 is 1.90 bits per heavy atom. The number of ether oxygens (including phenoxy) is 2. The number of rotatable bonds is 5. The number of anilines is 1. The van der Waals surface area contributed by atoms with Gasteiger partial charge in [-0.15, -0.1) is 0 Å². The van der Waals surface area contributed by atoms with Crippen LogP contribution >= 0.6 is 0 Å². The summed E-state index contributed by atoms with van der Waals surface area (Å²) in [6.07, 6.45) is 0.851. The Morgan fingerprint density at radius 3 is 2.55 bits per heavy atom. The number of nitrogens with zero attached hydrogens (tertiary/aromatic N) is 2. The lowest BCUT2D eigenvalue weighted by molar-refractivity contribution is -0.124. The lowest BCUT2D eigenvalue weighted by Crippen LogP contribution is -2.50. The first kappa shape index (κ1) is 21.1. The van der Waals surface area contributed by atoms with E-state index in [2.05, 4.69) is 5.32 Å². The van der Waals surface area contributed by atoms with E-state index in [9.17, 15) is 14.4 Å². The van der Waals surface area contributed by atoms with Crippen LogP contribution in [0.4, 0.5) is 10.5 Å². The van der Waals surface area contributed by atoms with Crippen LogP contribution in [0.1, 0.15) is 37.0 Å². The highest BCUT2D eigenvalue weighted by Crippen LogP contribution is 2.18. The highest BCUT2D eigenvalue weighted by atomic mass is 16.6. The van der Waals surface area contributed by atoms with Crippen molar-refractivity contribution in [1.82, 2.24) is 9.80 Å². The number of amides is 3. The maximum atomic E-state index is 12.8. The van der Waals surface area contributed by atoms with Crippen molar-refractivity contribution in [2.75, 3.05) is 44.7 Å². The third-order valence-electron chi connectivity index (χ3n) is 4.96. The maximum Gasteiger partial charge on any atom is 0.409 e. The van der Waals surface area contributed by atoms with Crippen molar-refractivity contribution in [3.8, 4) is 0 Å². The molecule has 2 saturated heterocycles. The van der Waals surface area contributed by atoms with E-state index in [1.807, 2.05) is 13.8 Å². The van der Waals surface area contributed by atoms with Crippen molar-refractivity contribution in [2.24, 2.45) is 5.92 Å². The van der Waals surface area contributed by atoms with Gasteiger partial charge >= 0.3 is 6.09 Å². The average Bonchev–Trinajstić information content (AvgIpc) is 3.27. The Labute approximate surface area is 171 Å². The third-order valence-corrected chi connectivity index (χ3v) is 4.96. The Bertz CT molecular complexity index is 738. The van der Waals surface area contributed by atoms with Gasteiger partial charge in [-0.2, -0.15) is 0 Å². The van der Waals surface area contributed by atoms with Crippen LogP contribution in [0.25, 0.3) is 0 Å².